The fourth-order valence-electron chi connectivity index (χ4n) is 6.38. The molecular formula is C37H41NS. The van der Waals surface area contributed by atoms with Gasteiger partial charge in [-0.2, -0.15) is 0 Å². The molecule has 200 valence electrons. The Labute approximate surface area is 238 Å². The third-order valence-corrected chi connectivity index (χ3v) is 9.04. The minimum Gasteiger partial charge on any atom is -0.256 e. The highest BCUT2D eigenvalue weighted by Crippen LogP contribution is 2.53. The molecule has 0 bridgehead atoms. The lowest BCUT2D eigenvalue weighted by molar-refractivity contribution is 0.410. The second-order valence-corrected chi connectivity index (χ2v) is 16.0. The maximum Gasteiger partial charge on any atom is 0.0803 e. The largest absolute Gasteiger partial charge is 0.256 e. The number of aromatic nitrogens is 1. The first-order valence-corrected chi connectivity index (χ1v) is 15.1. The zero-order valence-corrected chi connectivity index (χ0v) is 25.9. The maximum atomic E-state index is 5.09. The van der Waals surface area contributed by atoms with Gasteiger partial charge in [-0.1, -0.05) is 110 Å². The lowest BCUT2D eigenvalue weighted by Gasteiger charge is -2.29. The summed E-state index contributed by atoms with van der Waals surface area (Å²) in [4.78, 5) is 7.81. The summed E-state index contributed by atoms with van der Waals surface area (Å²) in [5.41, 5.74) is 7.21. The minimum absolute atomic E-state index is 0.0616. The predicted octanol–water partition coefficient (Wildman–Crippen LogP) is 11.1. The molecule has 0 fully saturated rings. The molecule has 0 radical (unpaired) electrons. The Morgan fingerprint density at radius 2 is 1.44 bits per heavy atom. The Morgan fingerprint density at radius 3 is 2.13 bits per heavy atom. The molecule has 1 aliphatic heterocycles. The van der Waals surface area contributed by atoms with Crippen molar-refractivity contribution < 1.29 is 0 Å². The molecule has 0 saturated heterocycles. The summed E-state index contributed by atoms with van der Waals surface area (Å²) in [7, 11) is 0. The number of pyridine rings is 1. The average Bonchev–Trinajstić information content (AvgIpc) is 2.82. The van der Waals surface area contributed by atoms with Crippen molar-refractivity contribution >= 4 is 44.1 Å². The number of nitrogens with zero attached hydrogens (tertiary/aromatic N) is 1. The minimum atomic E-state index is 0.0616. The van der Waals surface area contributed by atoms with Crippen LogP contribution in [0.15, 0.2) is 70.6 Å². The summed E-state index contributed by atoms with van der Waals surface area (Å²) in [6.45, 7) is 21.0. The van der Waals surface area contributed by atoms with Crippen LogP contribution in [0.2, 0.25) is 0 Å². The first-order chi connectivity index (χ1) is 18.2. The third kappa shape index (κ3) is 4.76. The van der Waals surface area contributed by atoms with Crippen molar-refractivity contribution in [3.8, 4) is 11.3 Å². The number of benzene rings is 4. The van der Waals surface area contributed by atoms with E-state index in [0.29, 0.717) is 0 Å². The van der Waals surface area contributed by atoms with Gasteiger partial charge in [0, 0.05) is 26.9 Å². The van der Waals surface area contributed by atoms with E-state index < -0.39 is 0 Å². The molecule has 2 heteroatoms. The Hall–Kier alpha value is -2.84. The van der Waals surface area contributed by atoms with Gasteiger partial charge in [-0.05, 0) is 90.9 Å². The van der Waals surface area contributed by atoms with Crippen LogP contribution in [0.5, 0.6) is 0 Å². The van der Waals surface area contributed by atoms with Gasteiger partial charge >= 0.3 is 0 Å². The van der Waals surface area contributed by atoms with Crippen LogP contribution in [0, 0.1) is 10.8 Å². The number of hydrogen-bond acceptors (Lipinski definition) is 2. The first kappa shape index (κ1) is 26.4. The lowest BCUT2D eigenvalue weighted by atomic mass is 9.81. The Kier molecular flexibility index (Phi) is 5.97. The van der Waals surface area contributed by atoms with E-state index in [0.717, 1.165) is 18.5 Å². The fourth-order valence-corrected chi connectivity index (χ4v) is 7.66. The van der Waals surface area contributed by atoms with Crippen molar-refractivity contribution in [2.75, 3.05) is 0 Å². The van der Waals surface area contributed by atoms with Crippen molar-refractivity contribution in [2.45, 2.75) is 90.4 Å². The summed E-state index contributed by atoms with van der Waals surface area (Å²) < 4.78 is 0. The highest BCUT2D eigenvalue weighted by atomic mass is 32.2. The summed E-state index contributed by atoms with van der Waals surface area (Å²) in [5, 5.41) is 8.07. The number of fused-ring (bicyclic) bond motifs is 5. The molecule has 0 aliphatic carbocycles. The topological polar surface area (TPSA) is 12.9 Å². The fraction of sp³-hybridized carbons (Fsp3) is 0.378. The molecule has 0 saturated carbocycles. The van der Waals surface area contributed by atoms with Crippen LogP contribution in [0.1, 0.15) is 79.0 Å². The standard InChI is InChI=1S/C37H41NS/c1-35(2,3)20-22-13-14-25-24(17-22)18-27-33-32-26(15-16-38-33)31-23(11-10-12-29(31)37(7,8)9)19-30(32)39-34(27)28(25)21-36(4,5)6/h10-19H,20-21H2,1-9H3. The quantitative estimate of drug-likeness (QED) is 0.206. The zero-order chi connectivity index (χ0) is 27.9. The van der Waals surface area contributed by atoms with E-state index in [1.165, 1.54) is 64.4 Å². The molecule has 39 heavy (non-hydrogen) atoms. The van der Waals surface area contributed by atoms with Gasteiger partial charge < -0.3 is 0 Å². The smallest absolute Gasteiger partial charge is 0.0803 e. The Morgan fingerprint density at radius 1 is 0.692 bits per heavy atom. The van der Waals surface area contributed by atoms with Gasteiger partial charge in [-0.15, -0.1) is 0 Å². The van der Waals surface area contributed by atoms with Crippen LogP contribution < -0.4 is 0 Å². The summed E-state index contributed by atoms with van der Waals surface area (Å²) in [6, 6.07) is 21.1. The van der Waals surface area contributed by atoms with Gasteiger partial charge in [-0.25, -0.2) is 0 Å². The van der Waals surface area contributed by atoms with Gasteiger partial charge in [-0.3, -0.25) is 4.98 Å². The summed E-state index contributed by atoms with van der Waals surface area (Å²) in [6.07, 6.45) is 4.14. The van der Waals surface area contributed by atoms with Gasteiger partial charge in [0.05, 0.1) is 5.69 Å². The summed E-state index contributed by atoms with van der Waals surface area (Å²) in [5.74, 6) is 0. The molecule has 0 unspecified atom stereocenters. The highest BCUT2D eigenvalue weighted by molar-refractivity contribution is 8.00. The van der Waals surface area contributed by atoms with E-state index in [-0.39, 0.29) is 16.2 Å². The molecule has 1 nitrogen and oxygen atoms in total. The van der Waals surface area contributed by atoms with Gasteiger partial charge in [0.1, 0.15) is 0 Å². The monoisotopic (exact) mass is 531 g/mol. The zero-order valence-electron chi connectivity index (χ0n) is 25.0. The normalized spacial score (nSPS) is 13.9. The van der Waals surface area contributed by atoms with E-state index in [1.807, 2.05) is 18.0 Å². The molecule has 0 atom stereocenters. The first-order valence-electron chi connectivity index (χ1n) is 14.3. The van der Waals surface area contributed by atoms with Gasteiger partial charge in [0.15, 0.2) is 0 Å². The third-order valence-electron chi connectivity index (χ3n) is 7.83. The molecule has 4 aromatic carbocycles. The SMILES string of the molecule is CC(C)(C)Cc1ccc2c(CC(C)(C)C)c3c(cc2c1)-c1nccc2c1c(cc1cccc(C(C)(C)C)c12)S3. The van der Waals surface area contributed by atoms with Crippen LogP contribution in [-0.4, -0.2) is 4.98 Å². The molecule has 0 spiro atoms. The average molecular weight is 532 g/mol. The van der Waals surface area contributed by atoms with Crippen molar-refractivity contribution in [1.29, 1.82) is 0 Å². The van der Waals surface area contributed by atoms with E-state index in [4.69, 9.17) is 4.98 Å². The second-order valence-electron chi connectivity index (χ2n) is 15.0. The summed E-state index contributed by atoms with van der Waals surface area (Å²) >= 11 is 1.96. The van der Waals surface area contributed by atoms with E-state index in [2.05, 4.69) is 117 Å². The van der Waals surface area contributed by atoms with Crippen LogP contribution in [0.25, 0.3) is 43.6 Å². The van der Waals surface area contributed by atoms with E-state index >= 15 is 0 Å². The van der Waals surface area contributed by atoms with Gasteiger partial charge in [0.25, 0.3) is 0 Å². The number of hydrogen-bond donors (Lipinski definition) is 0. The van der Waals surface area contributed by atoms with Crippen molar-refractivity contribution in [3.05, 3.63) is 77.5 Å². The Bertz CT molecular complexity index is 1770. The second kappa shape index (κ2) is 8.83. The van der Waals surface area contributed by atoms with Crippen molar-refractivity contribution in [3.63, 3.8) is 0 Å². The van der Waals surface area contributed by atoms with E-state index in [1.54, 1.807) is 0 Å². The van der Waals surface area contributed by atoms with E-state index in [9.17, 15) is 0 Å². The van der Waals surface area contributed by atoms with Crippen molar-refractivity contribution in [2.24, 2.45) is 10.8 Å². The molecule has 1 aliphatic rings. The number of rotatable bonds is 2. The molecule has 5 aromatic rings. The molecule has 2 heterocycles. The molecule has 0 amide bonds. The van der Waals surface area contributed by atoms with Crippen LogP contribution in [0.3, 0.4) is 0 Å². The molecule has 1 aromatic heterocycles. The lowest BCUT2D eigenvalue weighted by Crippen LogP contribution is -2.13. The maximum absolute atomic E-state index is 5.09. The molecule has 6 rings (SSSR count). The molecular weight excluding hydrogens is 490 g/mol. The van der Waals surface area contributed by atoms with Crippen LogP contribution in [-0.2, 0) is 18.3 Å². The van der Waals surface area contributed by atoms with Crippen molar-refractivity contribution in [1.82, 2.24) is 4.98 Å². The van der Waals surface area contributed by atoms with Crippen LogP contribution in [0.4, 0.5) is 0 Å². The van der Waals surface area contributed by atoms with Crippen LogP contribution >= 0.6 is 11.8 Å². The van der Waals surface area contributed by atoms with Gasteiger partial charge in [0.2, 0.25) is 0 Å². The Balaban J connectivity index is 1.69. The highest BCUT2D eigenvalue weighted by Gasteiger charge is 2.29. The predicted molar refractivity (Wildman–Crippen MR) is 171 cm³/mol. The molecule has 0 N–H and O–H groups in total.